The minimum absolute atomic E-state index is 0. The van der Waals surface area contributed by atoms with Crippen LogP contribution in [0.25, 0.3) is 0 Å². The second kappa shape index (κ2) is 4.30. The third-order valence-electron chi connectivity index (χ3n) is 0.494. The van der Waals surface area contributed by atoms with Crippen molar-refractivity contribution < 1.29 is 30.3 Å². The van der Waals surface area contributed by atoms with Crippen LogP contribution in [0.15, 0.2) is 0 Å². The fourth-order valence-corrected chi connectivity index (χ4v) is 0. The van der Waals surface area contributed by atoms with Crippen molar-refractivity contribution in [1.29, 1.82) is 0 Å². The number of hydrogen-bond donors (Lipinski definition) is 1. The molecule has 0 aliphatic carbocycles. The average molecular weight is 195 g/mol. The summed E-state index contributed by atoms with van der Waals surface area (Å²) < 4.78 is 0. The van der Waals surface area contributed by atoms with Crippen LogP contribution in [0.3, 0.4) is 0 Å². The third-order valence-corrected chi connectivity index (χ3v) is 0.494. The van der Waals surface area contributed by atoms with Gasteiger partial charge in [0.2, 0.25) is 0 Å². The molecule has 0 spiro atoms. The Hall–Kier alpha value is 0.132. The summed E-state index contributed by atoms with van der Waals surface area (Å²) in [5.74, 6) is -0.972. The van der Waals surface area contributed by atoms with E-state index in [-0.39, 0.29) is 26.3 Å². The number of rotatable bonds is 1. The van der Waals surface area contributed by atoms with Crippen molar-refractivity contribution in [2.75, 3.05) is 0 Å². The first-order valence-corrected chi connectivity index (χ1v) is 1.87. The molecule has 0 heterocycles. The Labute approximate surface area is 56.6 Å². The van der Waals surface area contributed by atoms with Crippen LogP contribution in [0.5, 0.6) is 0 Å². The van der Waals surface area contributed by atoms with Crippen LogP contribution in [0.4, 0.5) is 0 Å². The zero-order valence-corrected chi connectivity index (χ0v) is 5.80. The molecule has 0 aromatic heterocycles. The van der Waals surface area contributed by atoms with E-state index in [1.807, 2.05) is 0 Å². The maximum atomic E-state index is 9.70. The number of hydrogen-bond acceptors (Lipinski definition) is 1. The molecule has 2 nitrogen and oxygen atoms in total. The Balaban J connectivity index is 0. The van der Waals surface area contributed by atoms with Gasteiger partial charge in [-0.05, 0) is 0 Å². The van der Waals surface area contributed by atoms with Gasteiger partial charge in [0.1, 0.15) is 0 Å². The van der Waals surface area contributed by atoms with Gasteiger partial charge in [0.05, 0.1) is 5.92 Å². The second-order valence-corrected chi connectivity index (χ2v) is 1.49. The first-order chi connectivity index (χ1) is 2.64. The second-order valence-electron chi connectivity index (χ2n) is 1.49. The van der Waals surface area contributed by atoms with Crippen LogP contribution >= 0.6 is 0 Å². The summed E-state index contributed by atoms with van der Waals surface area (Å²) in [5.41, 5.74) is 0. The molecule has 0 aromatic carbocycles. The van der Waals surface area contributed by atoms with Crippen molar-refractivity contribution in [1.82, 2.24) is 0 Å². The summed E-state index contributed by atoms with van der Waals surface area (Å²) in [4.78, 5) is 9.70. The maximum Gasteiger partial charge on any atom is 0.305 e. The molecule has 0 saturated carbocycles. The SMILES string of the molecule is CC(C)C(=O)O.[Pd]. The van der Waals surface area contributed by atoms with E-state index in [0.29, 0.717) is 0 Å². The zero-order valence-electron chi connectivity index (χ0n) is 4.25. The molecule has 3 heteroatoms. The molecule has 0 radical (unpaired) electrons. The van der Waals surface area contributed by atoms with E-state index < -0.39 is 5.97 Å². The van der Waals surface area contributed by atoms with Crippen molar-refractivity contribution in [2.24, 2.45) is 5.92 Å². The van der Waals surface area contributed by atoms with Gasteiger partial charge >= 0.3 is 5.97 Å². The number of aliphatic carboxylic acids is 1. The summed E-state index contributed by atoms with van der Waals surface area (Å²) in [5, 5.41) is 7.99. The first-order valence-electron chi connectivity index (χ1n) is 1.87. The van der Waals surface area contributed by atoms with Crippen molar-refractivity contribution in [2.45, 2.75) is 13.8 Å². The largest absolute Gasteiger partial charge is 0.481 e. The smallest absolute Gasteiger partial charge is 0.305 e. The summed E-state index contributed by atoms with van der Waals surface area (Å²) in [6.07, 6.45) is 0. The van der Waals surface area contributed by atoms with E-state index in [1.54, 1.807) is 13.8 Å². The molecular formula is C4H8O2Pd. The molecular weight excluding hydrogens is 186 g/mol. The summed E-state index contributed by atoms with van der Waals surface area (Å²) in [6.45, 7) is 3.28. The molecule has 7 heavy (non-hydrogen) atoms. The molecule has 0 fully saturated rings. The van der Waals surface area contributed by atoms with Gasteiger partial charge in [-0.15, -0.1) is 0 Å². The number of carbonyl (C=O) groups is 1. The molecule has 0 unspecified atom stereocenters. The first kappa shape index (κ1) is 10.2. The van der Waals surface area contributed by atoms with Crippen molar-refractivity contribution in [3.05, 3.63) is 0 Å². The van der Waals surface area contributed by atoms with Crippen molar-refractivity contribution in [3.63, 3.8) is 0 Å². The molecule has 46 valence electrons. The van der Waals surface area contributed by atoms with Gasteiger partial charge in [-0.1, -0.05) is 13.8 Å². The van der Waals surface area contributed by atoms with Crippen molar-refractivity contribution >= 4 is 5.97 Å². The quantitative estimate of drug-likeness (QED) is 0.625. The van der Waals surface area contributed by atoms with Gasteiger partial charge < -0.3 is 5.11 Å². The Morgan fingerprint density at radius 1 is 1.57 bits per heavy atom. The molecule has 0 aliphatic rings. The van der Waals surface area contributed by atoms with Gasteiger partial charge in [-0.2, -0.15) is 0 Å². The van der Waals surface area contributed by atoms with E-state index >= 15 is 0 Å². The van der Waals surface area contributed by atoms with Crippen LogP contribution in [-0.4, -0.2) is 11.1 Å². The van der Waals surface area contributed by atoms with Crippen LogP contribution < -0.4 is 0 Å². The van der Waals surface area contributed by atoms with E-state index in [2.05, 4.69) is 0 Å². The molecule has 0 amide bonds. The van der Waals surface area contributed by atoms with Gasteiger partial charge in [-0.25, -0.2) is 0 Å². The summed E-state index contributed by atoms with van der Waals surface area (Å²) in [7, 11) is 0. The van der Waals surface area contributed by atoms with E-state index in [0.717, 1.165) is 0 Å². The molecule has 0 atom stereocenters. The summed E-state index contributed by atoms with van der Waals surface area (Å²) in [6, 6.07) is 0. The van der Waals surface area contributed by atoms with Gasteiger partial charge in [-0.3, -0.25) is 4.79 Å². The predicted octanol–water partition coefficient (Wildman–Crippen LogP) is 0.724. The van der Waals surface area contributed by atoms with E-state index in [1.165, 1.54) is 0 Å². The van der Waals surface area contributed by atoms with Gasteiger partial charge in [0.15, 0.2) is 0 Å². The van der Waals surface area contributed by atoms with E-state index in [9.17, 15) is 4.79 Å². The molecule has 1 N–H and O–H groups in total. The van der Waals surface area contributed by atoms with Crippen molar-refractivity contribution in [3.8, 4) is 0 Å². The average Bonchev–Trinajstić information content (AvgIpc) is 1.36. The van der Waals surface area contributed by atoms with Crippen LogP contribution in [0.2, 0.25) is 0 Å². The zero-order chi connectivity index (χ0) is 5.15. The molecule has 0 rings (SSSR count). The molecule has 0 saturated heterocycles. The van der Waals surface area contributed by atoms with Crippen LogP contribution in [0.1, 0.15) is 13.8 Å². The fraction of sp³-hybridized carbons (Fsp3) is 0.750. The predicted molar refractivity (Wildman–Crippen MR) is 22.5 cm³/mol. The normalized spacial score (nSPS) is 7.86. The van der Waals surface area contributed by atoms with Gasteiger partial charge in [0.25, 0.3) is 0 Å². The maximum absolute atomic E-state index is 9.70. The van der Waals surface area contributed by atoms with Gasteiger partial charge in [0, 0.05) is 20.4 Å². The molecule has 0 aliphatic heterocycles. The van der Waals surface area contributed by atoms with Crippen LogP contribution in [-0.2, 0) is 25.2 Å². The Kier molecular flexibility index (Phi) is 6.25. The molecule has 0 bridgehead atoms. The topological polar surface area (TPSA) is 37.3 Å². The fourth-order valence-electron chi connectivity index (χ4n) is 0. The minimum atomic E-state index is -0.741. The third kappa shape index (κ3) is 6.13. The number of carboxylic acid groups (broad SMARTS) is 1. The van der Waals surface area contributed by atoms with E-state index in [4.69, 9.17) is 5.11 Å². The standard InChI is InChI=1S/C4H8O2.Pd/c1-3(2)4(5)6;/h3H,1-2H3,(H,5,6);. The van der Waals surface area contributed by atoms with Crippen LogP contribution in [0, 0.1) is 5.92 Å². The Bertz CT molecular complexity index is 60.7. The molecule has 0 aromatic rings. The Morgan fingerprint density at radius 2 is 1.71 bits per heavy atom. The minimum Gasteiger partial charge on any atom is -0.481 e. The Morgan fingerprint density at radius 3 is 1.71 bits per heavy atom. The number of carboxylic acids is 1. The summed E-state index contributed by atoms with van der Waals surface area (Å²) >= 11 is 0. The monoisotopic (exact) mass is 194 g/mol.